The Bertz CT molecular complexity index is 1030. The molecule has 28 heavy (non-hydrogen) atoms. The first-order chi connectivity index (χ1) is 13.3. The fraction of sp³-hybridized carbons (Fsp3) is 0.158. The molecule has 0 aliphatic carbocycles. The highest BCUT2D eigenvalue weighted by molar-refractivity contribution is 9.10. The highest BCUT2D eigenvalue weighted by atomic mass is 79.9. The lowest BCUT2D eigenvalue weighted by Crippen LogP contribution is -2.20. The molecule has 0 spiro atoms. The smallest absolute Gasteiger partial charge is 0.272 e. The molecule has 0 aliphatic rings. The number of halogens is 1. The zero-order valence-electron chi connectivity index (χ0n) is 15.2. The summed E-state index contributed by atoms with van der Waals surface area (Å²) in [5.41, 5.74) is 2.25. The quantitative estimate of drug-likeness (QED) is 0.414. The third kappa shape index (κ3) is 4.99. The molecule has 0 bridgehead atoms. The van der Waals surface area contributed by atoms with Crippen LogP contribution in [0.1, 0.15) is 11.3 Å². The summed E-state index contributed by atoms with van der Waals surface area (Å²) < 4.78 is 2.37. The number of nitro groups is 1. The van der Waals surface area contributed by atoms with Gasteiger partial charge in [0.1, 0.15) is 6.54 Å². The van der Waals surface area contributed by atoms with E-state index in [1.54, 1.807) is 16.9 Å². The number of nitro benzene ring substituents is 1. The third-order valence-electron chi connectivity index (χ3n) is 3.98. The number of carbonyl (C=O) groups excluding carboxylic acids is 1. The molecule has 1 N–H and O–H groups in total. The number of nitrogens with one attached hydrogen (secondary N) is 1. The van der Waals surface area contributed by atoms with Crippen LogP contribution in [-0.4, -0.2) is 20.6 Å². The molecule has 0 saturated carbocycles. The monoisotopic (exact) mass is 460 g/mol. The van der Waals surface area contributed by atoms with Crippen molar-refractivity contribution in [1.82, 2.24) is 9.78 Å². The van der Waals surface area contributed by atoms with E-state index in [1.165, 1.54) is 23.9 Å². The van der Waals surface area contributed by atoms with Gasteiger partial charge in [-0.3, -0.25) is 19.6 Å². The Morgan fingerprint density at radius 2 is 1.93 bits per heavy atom. The number of hydrogen-bond acceptors (Lipinski definition) is 5. The summed E-state index contributed by atoms with van der Waals surface area (Å²) in [6, 6.07) is 12.4. The number of amides is 1. The van der Waals surface area contributed by atoms with E-state index in [2.05, 4.69) is 26.3 Å². The van der Waals surface area contributed by atoms with E-state index >= 15 is 0 Å². The van der Waals surface area contributed by atoms with Crippen molar-refractivity contribution in [3.8, 4) is 0 Å². The van der Waals surface area contributed by atoms with Gasteiger partial charge in [-0.05, 0) is 48.0 Å². The van der Waals surface area contributed by atoms with Crippen LogP contribution in [0.5, 0.6) is 0 Å². The Kier molecular flexibility index (Phi) is 6.15. The highest BCUT2D eigenvalue weighted by Crippen LogP contribution is 2.33. The number of benzene rings is 2. The van der Waals surface area contributed by atoms with Gasteiger partial charge in [-0.2, -0.15) is 5.10 Å². The molecule has 0 fully saturated rings. The molecule has 2 aromatic carbocycles. The van der Waals surface area contributed by atoms with Crippen molar-refractivity contribution in [3.05, 3.63) is 74.5 Å². The number of hydrogen-bond donors (Lipinski definition) is 1. The number of nitrogens with zero attached hydrogens (tertiary/aromatic N) is 3. The molecule has 3 rings (SSSR count). The lowest BCUT2D eigenvalue weighted by Gasteiger charge is -2.09. The van der Waals surface area contributed by atoms with Crippen molar-refractivity contribution in [1.29, 1.82) is 0 Å². The van der Waals surface area contributed by atoms with Crippen molar-refractivity contribution < 1.29 is 9.72 Å². The molecule has 0 unspecified atom stereocenters. The first-order valence-corrected chi connectivity index (χ1v) is 9.94. The number of aromatic nitrogens is 2. The summed E-state index contributed by atoms with van der Waals surface area (Å²) in [6.07, 6.45) is 1.62. The standard InChI is InChI=1S/C19H17BrN4O3S/c1-12-3-5-16(6-4-12)28-17-8-14(7-15(9-17)24(26)27)22-19(25)11-23-13(2)18(20)10-21-23/h3-10H,11H2,1-2H3,(H,22,25). The molecule has 0 saturated heterocycles. The molecule has 9 heteroatoms. The molecule has 7 nitrogen and oxygen atoms in total. The fourth-order valence-electron chi connectivity index (χ4n) is 2.48. The number of carbonyl (C=O) groups is 1. The minimum absolute atomic E-state index is 0.0144. The van der Waals surface area contributed by atoms with E-state index in [4.69, 9.17) is 0 Å². The summed E-state index contributed by atoms with van der Waals surface area (Å²) in [6.45, 7) is 3.85. The van der Waals surface area contributed by atoms with E-state index in [1.807, 2.05) is 38.1 Å². The fourth-order valence-corrected chi connectivity index (χ4v) is 3.69. The summed E-state index contributed by atoms with van der Waals surface area (Å²) in [4.78, 5) is 24.8. The van der Waals surface area contributed by atoms with Gasteiger partial charge >= 0.3 is 0 Å². The van der Waals surface area contributed by atoms with Crippen molar-refractivity contribution in [2.75, 3.05) is 5.32 Å². The van der Waals surface area contributed by atoms with E-state index in [-0.39, 0.29) is 18.1 Å². The van der Waals surface area contributed by atoms with Crippen LogP contribution < -0.4 is 5.32 Å². The second-order valence-electron chi connectivity index (χ2n) is 6.17. The Labute approximate surface area is 174 Å². The zero-order chi connectivity index (χ0) is 20.3. The van der Waals surface area contributed by atoms with Crippen LogP contribution in [-0.2, 0) is 11.3 Å². The molecule has 0 atom stereocenters. The molecular formula is C19H17BrN4O3S. The van der Waals surface area contributed by atoms with Gasteiger partial charge in [0.05, 0.1) is 21.3 Å². The summed E-state index contributed by atoms with van der Waals surface area (Å²) >= 11 is 4.75. The van der Waals surface area contributed by atoms with Gasteiger partial charge < -0.3 is 5.32 Å². The average Bonchev–Trinajstić information content (AvgIpc) is 2.95. The number of non-ortho nitro benzene ring substituents is 1. The van der Waals surface area contributed by atoms with Crippen LogP contribution in [0.25, 0.3) is 0 Å². The maximum atomic E-state index is 12.4. The number of anilines is 1. The van der Waals surface area contributed by atoms with Crippen LogP contribution >= 0.6 is 27.7 Å². The summed E-state index contributed by atoms with van der Waals surface area (Å²) in [5.74, 6) is -0.314. The maximum Gasteiger partial charge on any atom is 0.272 e. The second kappa shape index (κ2) is 8.57. The normalized spacial score (nSPS) is 10.7. The van der Waals surface area contributed by atoms with E-state index in [0.29, 0.717) is 10.6 Å². The first-order valence-electron chi connectivity index (χ1n) is 8.33. The molecule has 144 valence electrons. The second-order valence-corrected chi connectivity index (χ2v) is 8.17. The molecule has 1 aromatic heterocycles. The van der Waals surface area contributed by atoms with Crippen molar-refractivity contribution in [2.24, 2.45) is 0 Å². The number of rotatable bonds is 6. The minimum Gasteiger partial charge on any atom is -0.324 e. The third-order valence-corrected chi connectivity index (χ3v) is 5.74. The van der Waals surface area contributed by atoms with Crippen LogP contribution in [0.2, 0.25) is 0 Å². The molecular weight excluding hydrogens is 444 g/mol. The summed E-state index contributed by atoms with van der Waals surface area (Å²) in [7, 11) is 0. The maximum absolute atomic E-state index is 12.4. The van der Waals surface area contributed by atoms with E-state index in [0.717, 1.165) is 20.6 Å². The Morgan fingerprint density at radius 1 is 1.21 bits per heavy atom. The van der Waals surface area contributed by atoms with Crippen LogP contribution in [0.4, 0.5) is 11.4 Å². The van der Waals surface area contributed by atoms with Gasteiger partial charge in [0.2, 0.25) is 5.91 Å². The Hall–Kier alpha value is -2.65. The van der Waals surface area contributed by atoms with Gasteiger partial charge in [-0.25, -0.2) is 0 Å². The van der Waals surface area contributed by atoms with E-state index < -0.39 is 4.92 Å². The molecule has 1 heterocycles. The predicted molar refractivity (Wildman–Crippen MR) is 112 cm³/mol. The topological polar surface area (TPSA) is 90.1 Å². The van der Waals surface area contributed by atoms with Gasteiger partial charge in [-0.1, -0.05) is 29.5 Å². The van der Waals surface area contributed by atoms with Gasteiger partial charge in [0, 0.05) is 27.6 Å². The van der Waals surface area contributed by atoms with E-state index in [9.17, 15) is 14.9 Å². The van der Waals surface area contributed by atoms with Crippen LogP contribution in [0, 0.1) is 24.0 Å². The largest absolute Gasteiger partial charge is 0.324 e. The average molecular weight is 461 g/mol. The zero-order valence-corrected chi connectivity index (χ0v) is 17.6. The molecule has 0 aliphatic heterocycles. The molecule has 1 amide bonds. The van der Waals surface area contributed by atoms with Gasteiger partial charge in [-0.15, -0.1) is 0 Å². The highest BCUT2D eigenvalue weighted by Gasteiger charge is 2.14. The lowest BCUT2D eigenvalue weighted by atomic mass is 10.2. The SMILES string of the molecule is Cc1ccc(Sc2cc(NC(=O)Cn3ncc(Br)c3C)cc([N+](=O)[O-])c2)cc1. The number of aryl methyl sites for hydroxylation is 1. The van der Waals surface area contributed by atoms with Crippen molar-refractivity contribution >= 4 is 45.0 Å². The van der Waals surface area contributed by atoms with Crippen LogP contribution in [0.3, 0.4) is 0 Å². The summed E-state index contributed by atoms with van der Waals surface area (Å²) in [5, 5.41) is 18.1. The first kappa shape index (κ1) is 20.1. The predicted octanol–water partition coefficient (Wildman–Crippen LogP) is 4.96. The lowest BCUT2D eigenvalue weighted by molar-refractivity contribution is -0.385. The van der Waals surface area contributed by atoms with Crippen molar-refractivity contribution in [2.45, 2.75) is 30.2 Å². The Morgan fingerprint density at radius 3 is 2.54 bits per heavy atom. The minimum atomic E-state index is -0.469. The van der Waals surface area contributed by atoms with Crippen molar-refractivity contribution in [3.63, 3.8) is 0 Å². The van der Waals surface area contributed by atoms with Gasteiger partial charge in [0.25, 0.3) is 5.69 Å². The van der Waals surface area contributed by atoms with Gasteiger partial charge in [0.15, 0.2) is 0 Å². The molecule has 3 aromatic rings. The van der Waals surface area contributed by atoms with Crippen LogP contribution in [0.15, 0.2) is 62.9 Å². The Balaban J connectivity index is 1.80. The molecule has 0 radical (unpaired) electrons.